The van der Waals surface area contributed by atoms with Crippen molar-refractivity contribution in [2.24, 2.45) is 11.1 Å². The number of non-ortho nitro benzene ring substituents is 1. The van der Waals surface area contributed by atoms with Gasteiger partial charge < -0.3 is 19.8 Å². The molecule has 2 aliphatic rings. The zero-order chi connectivity index (χ0) is 33.6. The van der Waals surface area contributed by atoms with E-state index in [-0.39, 0.29) is 32.6 Å². The largest absolute Gasteiger partial charge is 0.493 e. The molecule has 3 amide bonds. The van der Waals surface area contributed by atoms with E-state index in [0.717, 1.165) is 28.0 Å². The van der Waals surface area contributed by atoms with Crippen LogP contribution in [-0.4, -0.2) is 55.0 Å². The molecule has 4 aromatic rings. The first-order chi connectivity index (χ1) is 22.3. The van der Waals surface area contributed by atoms with Gasteiger partial charge in [0.2, 0.25) is 21.8 Å². The third-order valence-electron chi connectivity index (χ3n) is 7.51. The molecule has 0 saturated carbocycles. The number of aromatic amines is 1. The SMILES string of the molecule is COc1cc([C@H]2c3sc(=O)[nH]c3SC3C(=O)N(c4ccc([N+](=O)[O-])cc4)C(=O)C32)ccc1OCC(=O)Nc1ccc(S(N)(=O)=O)cc1. The summed E-state index contributed by atoms with van der Waals surface area (Å²) in [6, 6.07) is 15.2. The number of benzene rings is 3. The van der Waals surface area contributed by atoms with Crippen LogP contribution in [0.3, 0.4) is 0 Å². The number of ether oxygens (including phenoxy) is 2. The normalized spacial score (nSPS) is 18.8. The number of nitrogens with one attached hydrogen (secondary N) is 2. The van der Waals surface area contributed by atoms with E-state index in [9.17, 15) is 37.7 Å². The van der Waals surface area contributed by atoms with Gasteiger partial charge in [0.25, 0.3) is 11.6 Å². The maximum atomic E-state index is 13.9. The summed E-state index contributed by atoms with van der Waals surface area (Å²) >= 11 is 2.02. The predicted octanol–water partition coefficient (Wildman–Crippen LogP) is 2.81. The zero-order valence-electron chi connectivity index (χ0n) is 24.1. The summed E-state index contributed by atoms with van der Waals surface area (Å²) in [5.74, 6) is -2.81. The second kappa shape index (κ2) is 12.3. The number of anilines is 2. The van der Waals surface area contributed by atoms with Crippen molar-refractivity contribution >= 4 is 67.9 Å². The van der Waals surface area contributed by atoms with E-state index in [1.165, 1.54) is 55.6 Å². The Morgan fingerprint density at radius 3 is 2.38 bits per heavy atom. The summed E-state index contributed by atoms with van der Waals surface area (Å²) in [4.78, 5) is 66.9. The van der Waals surface area contributed by atoms with Crippen LogP contribution in [0.4, 0.5) is 17.1 Å². The average Bonchev–Trinajstić information content (AvgIpc) is 3.53. The number of aromatic nitrogens is 1. The van der Waals surface area contributed by atoms with E-state index in [1.54, 1.807) is 18.2 Å². The maximum Gasteiger partial charge on any atom is 0.305 e. The Hall–Kier alpha value is -5.04. The van der Waals surface area contributed by atoms with Crippen LogP contribution in [0.5, 0.6) is 11.5 Å². The highest BCUT2D eigenvalue weighted by molar-refractivity contribution is 8.00. The molecular weight excluding hydrogens is 675 g/mol. The number of amides is 3. The van der Waals surface area contributed by atoms with E-state index in [4.69, 9.17) is 14.6 Å². The third-order valence-corrected chi connectivity index (χ3v) is 10.8. The number of nitro groups is 1. The molecule has 2 unspecified atom stereocenters. The maximum absolute atomic E-state index is 13.9. The lowest BCUT2D eigenvalue weighted by Crippen LogP contribution is -2.32. The molecule has 18 heteroatoms. The van der Waals surface area contributed by atoms with Crippen molar-refractivity contribution in [3.8, 4) is 11.5 Å². The molecule has 3 atom stereocenters. The fraction of sp³-hybridized carbons (Fsp3) is 0.172. The zero-order valence-corrected chi connectivity index (χ0v) is 26.5. The van der Waals surface area contributed by atoms with Gasteiger partial charge in [-0.2, -0.15) is 0 Å². The molecule has 3 heterocycles. The van der Waals surface area contributed by atoms with Gasteiger partial charge in [0.15, 0.2) is 18.1 Å². The molecule has 0 radical (unpaired) electrons. The van der Waals surface area contributed by atoms with Crippen molar-refractivity contribution in [2.45, 2.75) is 21.1 Å². The number of thiazole rings is 1. The first kappa shape index (κ1) is 31.9. The van der Waals surface area contributed by atoms with E-state index in [2.05, 4.69) is 10.3 Å². The second-order valence-electron chi connectivity index (χ2n) is 10.4. The highest BCUT2D eigenvalue weighted by Gasteiger charge is 2.56. The van der Waals surface area contributed by atoms with Gasteiger partial charge >= 0.3 is 4.87 Å². The molecule has 4 N–H and O–H groups in total. The highest BCUT2D eigenvalue weighted by atomic mass is 32.2. The number of hydrogen-bond donors (Lipinski definition) is 3. The Labute approximate surface area is 273 Å². The number of imide groups is 1. The van der Waals surface area contributed by atoms with Crippen LogP contribution < -0.4 is 29.7 Å². The molecule has 3 aromatic carbocycles. The van der Waals surface area contributed by atoms with Crippen LogP contribution >= 0.6 is 23.1 Å². The molecule has 6 rings (SSSR count). The van der Waals surface area contributed by atoms with Gasteiger partial charge in [0.1, 0.15) is 5.25 Å². The number of hydrogen-bond acceptors (Lipinski definition) is 12. The van der Waals surface area contributed by atoms with Crippen molar-refractivity contribution in [1.29, 1.82) is 0 Å². The Morgan fingerprint density at radius 1 is 1.04 bits per heavy atom. The van der Waals surface area contributed by atoms with Gasteiger partial charge in [-0.3, -0.25) is 29.3 Å². The third kappa shape index (κ3) is 6.10. The smallest absolute Gasteiger partial charge is 0.305 e. The van der Waals surface area contributed by atoms with Gasteiger partial charge in [-0.05, 0) is 54.1 Å². The summed E-state index contributed by atoms with van der Waals surface area (Å²) in [6.07, 6.45) is 0. The Morgan fingerprint density at radius 2 is 1.74 bits per heavy atom. The van der Waals surface area contributed by atoms with Crippen molar-refractivity contribution < 1.29 is 37.2 Å². The van der Waals surface area contributed by atoms with E-state index in [1.807, 2.05) is 0 Å². The number of primary sulfonamides is 1. The van der Waals surface area contributed by atoms with Crippen molar-refractivity contribution in [3.05, 3.63) is 97.0 Å². The summed E-state index contributed by atoms with van der Waals surface area (Å²) in [7, 11) is -2.50. The number of carbonyl (C=O) groups excluding carboxylic acids is 3. The molecule has 2 aliphatic heterocycles. The van der Waals surface area contributed by atoms with Gasteiger partial charge in [-0.1, -0.05) is 29.2 Å². The molecule has 1 aromatic heterocycles. The summed E-state index contributed by atoms with van der Waals surface area (Å²) < 4.78 is 34.1. The lowest BCUT2D eigenvalue weighted by Gasteiger charge is -2.30. The molecule has 1 saturated heterocycles. The molecule has 1 fully saturated rings. The Kier molecular flexibility index (Phi) is 8.35. The van der Waals surface area contributed by atoms with Gasteiger partial charge in [0, 0.05) is 28.6 Å². The number of methoxy groups -OCH3 is 1. The first-order valence-electron chi connectivity index (χ1n) is 13.6. The fourth-order valence-electron chi connectivity index (χ4n) is 5.42. The quantitative estimate of drug-likeness (QED) is 0.131. The molecular formula is C29H23N5O10S3. The molecule has 47 heavy (non-hydrogen) atoms. The number of H-pyrrole nitrogens is 1. The molecule has 0 bridgehead atoms. The lowest BCUT2D eigenvalue weighted by molar-refractivity contribution is -0.384. The predicted molar refractivity (Wildman–Crippen MR) is 170 cm³/mol. The topological polar surface area (TPSA) is 221 Å². The van der Waals surface area contributed by atoms with E-state index < -0.39 is 56.4 Å². The Balaban J connectivity index is 1.25. The van der Waals surface area contributed by atoms with Crippen LogP contribution in [0.1, 0.15) is 16.4 Å². The molecule has 242 valence electrons. The van der Waals surface area contributed by atoms with Crippen LogP contribution in [0, 0.1) is 16.0 Å². The van der Waals surface area contributed by atoms with Gasteiger partial charge in [0.05, 0.1) is 33.6 Å². The standard InChI is InChI=1S/C29H23N5O10S3/c1-43-20-12-14(2-11-19(20)44-13-21(35)31-15-3-9-18(10-4-15)47(30,41)42)22-23-25(45-26-24(22)46-29(38)32-26)28(37)33(27(23)36)16-5-7-17(8-6-16)34(39)40/h2-12,22-23,25H,13H2,1H3,(H,31,35)(H,32,38)(H2,30,41,42)/t22-,23?,25?/m1/s1. The van der Waals surface area contributed by atoms with Crippen molar-refractivity contribution in [3.63, 3.8) is 0 Å². The number of fused-ring (bicyclic) bond motifs is 2. The van der Waals surface area contributed by atoms with Crippen molar-refractivity contribution in [2.75, 3.05) is 23.9 Å². The summed E-state index contributed by atoms with van der Waals surface area (Å²) in [5, 5.41) is 18.4. The average molecular weight is 698 g/mol. The minimum Gasteiger partial charge on any atom is -0.493 e. The monoisotopic (exact) mass is 697 g/mol. The minimum absolute atomic E-state index is 0.110. The number of carbonyl (C=O) groups is 3. The number of nitrogens with two attached hydrogens (primary N) is 1. The van der Waals surface area contributed by atoms with Gasteiger partial charge in [-0.25, -0.2) is 18.5 Å². The van der Waals surface area contributed by atoms with E-state index in [0.29, 0.717) is 21.2 Å². The van der Waals surface area contributed by atoms with Crippen LogP contribution in [-0.2, 0) is 24.4 Å². The highest BCUT2D eigenvalue weighted by Crippen LogP contribution is 2.53. The number of nitro benzene ring substituents is 1. The van der Waals surface area contributed by atoms with Crippen molar-refractivity contribution in [1.82, 2.24) is 4.98 Å². The van der Waals surface area contributed by atoms with Crippen LogP contribution in [0.25, 0.3) is 0 Å². The van der Waals surface area contributed by atoms with E-state index >= 15 is 0 Å². The number of sulfonamides is 1. The first-order valence-corrected chi connectivity index (χ1v) is 16.9. The molecule has 0 spiro atoms. The number of nitrogens with zero attached hydrogens (tertiary/aromatic N) is 2. The molecule has 15 nitrogen and oxygen atoms in total. The number of thioether (sulfide) groups is 1. The minimum atomic E-state index is -3.89. The fourth-order valence-corrected chi connectivity index (χ4v) is 8.45. The summed E-state index contributed by atoms with van der Waals surface area (Å²) in [6.45, 7) is -0.432. The molecule has 0 aliphatic carbocycles. The van der Waals surface area contributed by atoms with Gasteiger partial charge in [-0.15, -0.1) is 0 Å². The summed E-state index contributed by atoms with van der Waals surface area (Å²) in [5.41, 5.74) is 0.865. The van der Waals surface area contributed by atoms with Crippen LogP contribution in [0.15, 0.2) is 81.4 Å². The number of rotatable bonds is 9. The van der Waals surface area contributed by atoms with Crippen LogP contribution in [0.2, 0.25) is 0 Å². The lowest BCUT2D eigenvalue weighted by atomic mass is 9.83. The Bertz CT molecular complexity index is 2100. The second-order valence-corrected chi connectivity index (χ2v) is 14.1.